The zero-order valence-corrected chi connectivity index (χ0v) is 9.59. The summed E-state index contributed by atoms with van der Waals surface area (Å²) in [4.78, 5) is 2.17. The molecule has 13 heavy (non-hydrogen) atoms. The van der Waals surface area contributed by atoms with Crippen molar-refractivity contribution in [1.82, 2.24) is 10.2 Å². The van der Waals surface area contributed by atoms with Gasteiger partial charge in [0.25, 0.3) is 0 Å². The van der Waals surface area contributed by atoms with Crippen molar-refractivity contribution in [2.24, 2.45) is 5.92 Å². The molecule has 0 aliphatic heterocycles. The van der Waals surface area contributed by atoms with Crippen molar-refractivity contribution in [2.75, 3.05) is 33.7 Å². The lowest BCUT2D eigenvalue weighted by Gasteiger charge is -2.27. The van der Waals surface area contributed by atoms with E-state index in [2.05, 4.69) is 17.1 Å². The van der Waals surface area contributed by atoms with Gasteiger partial charge in [0, 0.05) is 13.1 Å². The molecule has 0 heterocycles. The minimum atomic E-state index is -0.589. The highest BCUT2D eigenvalue weighted by Crippen LogP contribution is 2.05. The normalized spacial score (nSPS) is 15.0. The van der Waals surface area contributed by atoms with Gasteiger partial charge in [-0.2, -0.15) is 0 Å². The van der Waals surface area contributed by atoms with Crippen molar-refractivity contribution in [2.45, 2.75) is 26.4 Å². The number of hydrogen-bond donors (Lipinski definition) is 2. The van der Waals surface area contributed by atoms with E-state index in [1.165, 1.54) is 0 Å². The molecule has 3 heteroatoms. The Morgan fingerprint density at radius 3 is 2.38 bits per heavy atom. The molecule has 0 fully saturated rings. The number of aliphatic hydroxyl groups is 1. The molecular formula is C10H24N2O. The van der Waals surface area contributed by atoms with Gasteiger partial charge in [-0.05, 0) is 40.4 Å². The molecule has 0 aromatic rings. The molecule has 80 valence electrons. The highest BCUT2D eigenvalue weighted by Gasteiger charge is 2.16. The van der Waals surface area contributed by atoms with Crippen LogP contribution in [0.4, 0.5) is 0 Å². The summed E-state index contributed by atoms with van der Waals surface area (Å²) in [6, 6.07) is 0. The molecule has 0 aromatic carbocycles. The molecule has 0 aromatic heterocycles. The maximum absolute atomic E-state index is 9.57. The van der Waals surface area contributed by atoms with Crippen LogP contribution >= 0.6 is 0 Å². The van der Waals surface area contributed by atoms with Gasteiger partial charge >= 0.3 is 0 Å². The van der Waals surface area contributed by atoms with Crippen molar-refractivity contribution in [1.29, 1.82) is 0 Å². The van der Waals surface area contributed by atoms with E-state index in [0.29, 0.717) is 5.92 Å². The Kier molecular flexibility index (Phi) is 5.53. The van der Waals surface area contributed by atoms with Crippen molar-refractivity contribution >= 4 is 0 Å². The van der Waals surface area contributed by atoms with Crippen molar-refractivity contribution in [3.05, 3.63) is 0 Å². The van der Waals surface area contributed by atoms with E-state index in [1.54, 1.807) is 0 Å². The Morgan fingerprint density at radius 1 is 1.46 bits per heavy atom. The first-order valence-electron chi connectivity index (χ1n) is 4.90. The second-order valence-corrected chi connectivity index (χ2v) is 4.67. The molecule has 3 nitrogen and oxygen atoms in total. The first-order chi connectivity index (χ1) is 5.85. The molecule has 0 aliphatic carbocycles. The average molecular weight is 188 g/mol. The Bertz CT molecular complexity index is 131. The van der Waals surface area contributed by atoms with Crippen LogP contribution in [0.1, 0.15) is 20.8 Å². The van der Waals surface area contributed by atoms with Crippen LogP contribution in [0.5, 0.6) is 0 Å². The second-order valence-electron chi connectivity index (χ2n) is 4.67. The summed E-state index contributed by atoms with van der Waals surface area (Å²) >= 11 is 0. The van der Waals surface area contributed by atoms with Gasteiger partial charge in [0.05, 0.1) is 5.60 Å². The lowest BCUT2D eigenvalue weighted by molar-refractivity contribution is 0.0410. The third-order valence-corrected chi connectivity index (χ3v) is 1.83. The molecule has 0 rings (SSSR count). The predicted octanol–water partition coefficient (Wildman–Crippen LogP) is 0.545. The van der Waals surface area contributed by atoms with Gasteiger partial charge in [-0.3, -0.25) is 0 Å². The van der Waals surface area contributed by atoms with E-state index in [1.807, 2.05) is 27.9 Å². The number of hydrogen-bond acceptors (Lipinski definition) is 3. The van der Waals surface area contributed by atoms with Crippen molar-refractivity contribution in [3.63, 3.8) is 0 Å². The largest absolute Gasteiger partial charge is 0.389 e. The second kappa shape index (κ2) is 5.58. The number of nitrogens with zero attached hydrogens (tertiary/aromatic N) is 1. The molecule has 0 saturated carbocycles. The van der Waals surface area contributed by atoms with Gasteiger partial charge < -0.3 is 15.3 Å². The third kappa shape index (κ3) is 8.22. The highest BCUT2D eigenvalue weighted by molar-refractivity contribution is 4.71. The molecular weight excluding hydrogens is 164 g/mol. The van der Waals surface area contributed by atoms with Crippen LogP contribution < -0.4 is 5.32 Å². The summed E-state index contributed by atoms with van der Waals surface area (Å²) < 4.78 is 0. The quantitative estimate of drug-likeness (QED) is 0.639. The fourth-order valence-corrected chi connectivity index (χ4v) is 1.67. The van der Waals surface area contributed by atoms with Crippen LogP contribution in [0, 0.1) is 5.92 Å². The number of nitrogens with one attached hydrogen (secondary N) is 1. The Labute approximate surface area is 82.1 Å². The number of rotatable bonds is 6. The summed E-state index contributed by atoms with van der Waals surface area (Å²) in [5, 5.41) is 12.7. The summed E-state index contributed by atoms with van der Waals surface area (Å²) in [6.45, 7) is 8.65. The fourth-order valence-electron chi connectivity index (χ4n) is 1.67. The van der Waals surface area contributed by atoms with E-state index >= 15 is 0 Å². The van der Waals surface area contributed by atoms with Gasteiger partial charge in [-0.15, -0.1) is 0 Å². The van der Waals surface area contributed by atoms with Crippen LogP contribution in [-0.4, -0.2) is 49.3 Å². The molecule has 0 saturated heterocycles. The van der Waals surface area contributed by atoms with Crippen LogP contribution in [0.3, 0.4) is 0 Å². The van der Waals surface area contributed by atoms with Crippen LogP contribution in [0.2, 0.25) is 0 Å². The predicted molar refractivity (Wildman–Crippen MR) is 56.9 cm³/mol. The number of likely N-dealkylation sites (N-methyl/N-ethyl adjacent to an activating group) is 1. The van der Waals surface area contributed by atoms with Gasteiger partial charge in [0.15, 0.2) is 0 Å². The zero-order valence-electron chi connectivity index (χ0n) is 9.59. The van der Waals surface area contributed by atoms with E-state index in [9.17, 15) is 5.11 Å². The minimum absolute atomic E-state index is 0.589. The summed E-state index contributed by atoms with van der Waals surface area (Å²) in [5.41, 5.74) is -0.589. The first-order valence-corrected chi connectivity index (χ1v) is 4.90. The molecule has 0 spiro atoms. The molecule has 0 radical (unpaired) electrons. The zero-order chi connectivity index (χ0) is 10.5. The summed E-state index contributed by atoms with van der Waals surface area (Å²) in [6.07, 6.45) is 0. The summed E-state index contributed by atoms with van der Waals surface area (Å²) in [7, 11) is 4.01. The van der Waals surface area contributed by atoms with Crippen molar-refractivity contribution < 1.29 is 5.11 Å². The molecule has 2 N–H and O–H groups in total. The average Bonchev–Trinajstić information content (AvgIpc) is 1.81. The van der Waals surface area contributed by atoms with E-state index < -0.39 is 5.60 Å². The molecule has 0 bridgehead atoms. The van der Waals surface area contributed by atoms with Crippen LogP contribution in [0.15, 0.2) is 0 Å². The van der Waals surface area contributed by atoms with E-state index in [0.717, 1.165) is 19.6 Å². The Balaban J connectivity index is 3.67. The monoisotopic (exact) mass is 188 g/mol. The van der Waals surface area contributed by atoms with Crippen LogP contribution in [-0.2, 0) is 0 Å². The van der Waals surface area contributed by atoms with Crippen molar-refractivity contribution in [3.8, 4) is 0 Å². The minimum Gasteiger partial charge on any atom is -0.389 e. The smallest absolute Gasteiger partial charge is 0.0718 e. The maximum Gasteiger partial charge on any atom is 0.0718 e. The Morgan fingerprint density at radius 2 is 2.00 bits per heavy atom. The molecule has 0 aliphatic rings. The van der Waals surface area contributed by atoms with E-state index in [4.69, 9.17) is 0 Å². The van der Waals surface area contributed by atoms with Gasteiger partial charge in [-0.25, -0.2) is 0 Å². The van der Waals surface area contributed by atoms with E-state index in [-0.39, 0.29) is 0 Å². The fraction of sp³-hybridized carbons (Fsp3) is 1.00. The lowest BCUT2D eigenvalue weighted by atomic mass is 10.1. The maximum atomic E-state index is 9.57. The molecule has 1 atom stereocenters. The van der Waals surface area contributed by atoms with Gasteiger partial charge in [-0.1, -0.05) is 6.92 Å². The first kappa shape index (κ1) is 12.9. The molecule has 1 unspecified atom stereocenters. The standard InChI is InChI=1S/C10H24N2O/c1-9(6-11-4)7-12(5)8-10(2,3)13/h9,11,13H,6-8H2,1-5H3. The summed E-state index contributed by atoms with van der Waals surface area (Å²) in [5.74, 6) is 0.623. The Hall–Kier alpha value is -0.120. The lowest BCUT2D eigenvalue weighted by Crippen LogP contribution is -2.39. The van der Waals surface area contributed by atoms with Crippen LogP contribution in [0.25, 0.3) is 0 Å². The topological polar surface area (TPSA) is 35.5 Å². The van der Waals surface area contributed by atoms with Gasteiger partial charge in [0.1, 0.15) is 0 Å². The highest BCUT2D eigenvalue weighted by atomic mass is 16.3. The SMILES string of the molecule is CNCC(C)CN(C)CC(C)(C)O. The third-order valence-electron chi connectivity index (χ3n) is 1.83. The molecule has 0 amide bonds. The van der Waals surface area contributed by atoms with Gasteiger partial charge in [0.2, 0.25) is 0 Å².